The fourth-order valence-corrected chi connectivity index (χ4v) is 2.10. The van der Waals surface area contributed by atoms with E-state index >= 15 is 0 Å². The van der Waals surface area contributed by atoms with Crippen LogP contribution in [0.5, 0.6) is 5.75 Å². The molecule has 1 heterocycles. The predicted octanol–water partition coefficient (Wildman–Crippen LogP) is 3.21. The Hall–Kier alpha value is -2.23. The molecule has 1 aromatic heterocycles. The van der Waals surface area contributed by atoms with Gasteiger partial charge in [0.2, 0.25) is 0 Å². The first-order chi connectivity index (χ1) is 9.13. The lowest BCUT2D eigenvalue weighted by Gasteiger charge is -2.27. The van der Waals surface area contributed by atoms with E-state index in [0.29, 0.717) is 12.3 Å². The van der Waals surface area contributed by atoms with Crippen molar-refractivity contribution in [1.29, 1.82) is 0 Å². The fraction of sp³-hybridized carbons (Fsp3) is 0.267. The van der Waals surface area contributed by atoms with Gasteiger partial charge in [-0.25, -0.2) is 0 Å². The van der Waals surface area contributed by atoms with E-state index in [1.165, 1.54) is 6.26 Å². The molecule has 1 N–H and O–H groups in total. The Bertz CT molecular complexity index is 548. The molecule has 0 fully saturated rings. The molecule has 0 bridgehead atoms. The van der Waals surface area contributed by atoms with E-state index in [1.807, 2.05) is 19.9 Å². The third-order valence-electron chi connectivity index (χ3n) is 3.15. The van der Waals surface area contributed by atoms with Crippen molar-refractivity contribution in [1.82, 2.24) is 4.90 Å². The lowest BCUT2D eigenvalue weighted by Crippen LogP contribution is -2.33. The number of rotatable bonds is 4. The first kappa shape index (κ1) is 13.2. The summed E-state index contributed by atoms with van der Waals surface area (Å²) < 4.78 is 5.15. The van der Waals surface area contributed by atoms with Crippen molar-refractivity contribution in [2.24, 2.45) is 0 Å². The minimum Gasteiger partial charge on any atom is -0.508 e. The fourth-order valence-electron chi connectivity index (χ4n) is 2.10. The van der Waals surface area contributed by atoms with Gasteiger partial charge in [-0.3, -0.25) is 4.79 Å². The molecular formula is C15H17NO3. The monoisotopic (exact) mass is 259 g/mol. The number of amides is 1. The number of carbonyl (C=O) groups is 1. The molecule has 4 nitrogen and oxygen atoms in total. The third kappa shape index (κ3) is 2.78. The Labute approximate surface area is 112 Å². The maximum Gasteiger partial charge on any atom is 0.290 e. The number of nitrogens with zero attached hydrogens (tertiary/aromatic N) is 1. The normalized spacial score (nSPS) is 12.1. The molecule has 1 aromatic carbocycles. The van der Waals surface area contributed by atoms with Gasteiger partial charge in [-0.1, -0.05) is 12.1 Å². The molecular weight excluding hydrogens is 242 g/mol. The first-order valence-electron chi connectivity index (χ1n) is 6.27. The summed E-state index contributed by atoms with van der Waals surface area (Å²) in [5, 5.41) is 9.52. The van der Waals surface area contributed by atoms with Gasteiger partial charge in [0.15, 0.2) is 5.76 Å². The van der Waals surface area contributed by atoms with Gasteiger partial charge in [0.05, 0.1) is 12.3 Å². The number of phenols is 1. The smallest absolute Gasteiger partial charge is 0.290 e. The number of phenolic OH excluding ortho intramolecular Hbond substituents is 1. The molecule has 19 heavy (non-hydrogen) atoms. The number of hydrogen-bond acceptors (Lipinski definition) is 3. The second-order valence-corrected chi connectivity index (χ2v) is 4.34. The van der Waals surface area contributed by atoms with E-state index in [0.717, 1.165) is 5.56 Å². The summed E-state index contributed by atoms with van der Waals surface area (Å²) in [6, 6.07) is 10.2. The highest BCUT2D eigenvalue weighted by molar-refractivity contribution is 5.91. The van der Waals surface area contributed by atoms with Gasteiger partial charge in [0.25, 0.3) is 5.91 Å². The van der Waals surface area contributed by atoms with Gasteiger partial charge in [-0.15, -0.1) is 0 Å². The lowest BCUT2D eigenvalue weighted by atomic mass is 10.1. The van der Waals surface area contributed by atoms with Crippen LogP contribution in [-0.2, 0) is 0 Å². The standard InChI is InChI=1S/C15H17NO3/c1-3-16(15(18)14-8-5-9-19-14)11(2)12-6-4-7-13(17)10-12/h4-11,17H,3H2,1-2H3. The number of aromatic hydroxyl groups is 1. The van der Waals surface area contributed by atoms with Crippen molar-refractivity contribution in [2.45, 2.75) is 19.9 Å². The van der Waals surface area contributed by atoms with Crippen molar-refractivity contribution < 1.29 is 14.3 Å². The third-order valence-corrected chi connectivity index (χ3v) is 3.15. The van der Waals surface area contributed by atoms with Gasteiger partial charge < -0.3 is 14.4 Å². The Balaban J connectivity index is 2.24. The van der Waals surface area contributed by atoms with E-state index < -0.39 is 0 Å². The first-order valence-corrected chi connectivity index (χ1v) is 6.27. The van der Waals surface area contributed by atoms with Crippen LogP contribution in [-0.4, -0.2) is 22.5 Å². The summed E-state index contributed by atoms with van der Waals surface area (Å²) >= 11 is 0. The van der Waals surface area contributed by atoms with Crippen molar-refractivity contribution in [3.05, 3.63) is 54.0 Å². The molecule has 0 radical (unpaired) electrons. The van der Waals surface area contributed by atoms with Crippen molar-refractivity contribution >= 4 is 5.91 Å². The van der Waals surface area contributed by atoms with Gasteiger partial charge in [0, 0.05) is 6.54 Å². The molecule has 100 valence electrons. The van der Waals surface area contributed by atoms with E-state index in [4.69, 9.17) is 4.42 Å². The summed E-state index contributed by atoms with van der Waals surface area (Å²) in [6.45, 7) is 4.41. The van der Waals surface area contributed by atoms with Crippen LogP contribution in [0.15, 0.2) is 47.1 Å². The van der Waals surface area contributed by atoms with Gasteiger partial charge >= 0.3 is 0 Å². The van der Waals surface area contributed by atoms with Gasteiger partial charge in [-0.2, -0.15) is 0 Å². The number of benzene rings is 1. The Kier molecular flexibility index (Phi) is 3.90. The lowest BCUT2D eigenvalue weighted by molar-refractivity contribution is 0.0669. The molecule has 0 saturated carbocycles. The predicted molar refractivity (Wildman–Crippen MR) is 71.9 cm³/mol. The Morgan fingerprint density at radius 2 is 2.16 bits per heavy atom. The highest BCUT2D eigenvalue weighted by Gasteiger charge is 2.23. The average molecular weight is 259 g/mol. The van der Waals surface area contributed by atoms with Gasteiger partial charge in [0.1, 0.15) is 5.75 Å². The van der Waals surface area contributed by atoms with Crippen LogP contribution in [0.4, 0.5) is 0 Å². The molecule has 1 unspecified atom stereocenters. The minimum atomic E-state index is -0.150. The highest BCUT2D eigenvalue weighted by Crippen LogP contribution is 2.24. The summed E-state index contributed by atoms with van der Waals surface area (Å²) in [7, 11) is 0. The van der Waals surface area contributed by atoms with E-state index in [-0.39, 0.29) is 17.7 Å². The minimum absolute atomic E-state index is 0.130. The number of carbonyl (C=O) groups excluding carboxylic acids is 1. The molecule has 0 aliphatic heterocycles. The highest BCUT2D eigenvalue weighted by atomic mass is 16.3. The van der Waals surface area contributed by atoms with Crippen LogP contribution in [0.2, 0.25) is 0 Å². The molecule has 0 saturated heterocycles. The molecule has 4 heteroatoms. The SMILES string of the molecule is CCN(C(=O)c1ccco1)C(C)c1cccc(O)c1. The Morgan fingerprint density at radius 1 is 1.37 bits per heavy atom. The topological polar surface area (TPSA) is 53.7 Å². The molecule has 1 atom stereocenters. The molecule has 0 aliphatic carbocycles. The summed E-state index contributed by atoms with van der Waals surface area (Å²) in [5.41, 5.74) is 0.891. The molecule has 2 rings (SSSR count). The van der Waals surface area contributed by atoms with Crippen LogP contribution in [0.1, 0.15) is 36.0 Å². The molecule has 0 spiro atoms. The van der Waals surface area contributed by atoms with E-state index in [9.17, 15) is 9.90 Å². The van der Waals surface area contributed by atoms with Crippen LogP contribution in [0.3, 0.4) is 0 Å². The second kappa shape index (κ2) is 5.61. The summed E-state index contributed by atoms with van der Waals surface area (Å²) in [6.07, 6.45) is 1.49. The van der Waals surface area contributed by atoms with E-state index in [1.54, 1.807) is 35.2 Å². The largest absolute Gasteiger partial charge is 0.508 e. The van der Waals surface area contributed by atoms with Crippen LogP contribution >= 0.6 is 0 Å². The van der Waals surface area contributed by atoms with Crippen LogP contribution < -0.4 is 0 Å². The second-order valence-electron chi connectivity index (χ2n) is 4.34. The summed E-state index contributed by atoms with van der Waals surface area (Å²) in [4.78, 5) is 14.0. The maximum atomic E-state index is 12.3. The molecule has 2 aromatic rings. The zero-order valence-electron chi connectivity index (χ0n) is 11.0. The quantitative estimate of drug-likeness (QED) is 0.917. The molecule has 1 amide bonds. The number of furan rings is 1. The summed E-state index contributed by atoms with van der Waals surface area (Å²) in [5.74, 6) is 0.378. The van der Waals surface area contributed by atoms with Crippen LogP contribution in [0.25, 0.3) is 0 Å². The zero-order valence-corrected chi connectivity index (χ0v) is 11.0. The average Bonchev–Trinajstić information content (AvgIpc) is 2.93. The van der Waals surface area contributed by atoms with Crippen LogP contribution in [0, 0.1) is 0 Å². The van der Waals surface area contributed by atoms with Gasteiger partial charge in [-0.05, 0) is 43.7 Å². The zero-order chi connectivity index (χ0) is 13.8. The Morgan fingerprint density at radius 3 is 2.74 bits per heavy atom. The van der Waals surface area contributed by atoms with Crippen molar-refractivity contribution in [3.63, 3.8) is 0 Å². The molecule has 0 aliphatic rings. The number of hydrogen-bond donors (Lipinski definition) is 1. The van der Waals surface area contributed by atoms with E-state index in [2.05, 4.69) is 0 Å². The maximum absolute atomic E-state index is 12.3. The van der Waals surface area contributed by atoms with Crippen molar-refractivity contribution in [2.75, 3.05) is 6.54 Å². The van der Waals surface area contributed by atoms with Crippen molar-refractivity contribution in [3.8, 4) is 5.75 Å².